The summed E-state index contributed by atoms with van der Waals surface area (Å²) in [4.78, 5) is 3.87. The van der Waals surface area contributed by atoms with E-state index in [1.807, 2.05) is 6.92 Å². The SMILES string of the molecule is CCCNC(C)c1nnc(NCc2ncon2)o1. The highest BCUT2D eigenvalue weighted by Crippen LogP contribution is 2.13. The standard InChI is InChI=1S/C10H16N6O2/c1-3-4-11-7(2)9-14-15-10(18-9)12-5-8-13-6-17-16-8/h6-7,11H,3-5H2,1-2H3,(H,12,15). The molecule has 0 fully saturated rings. The Labute approximate surface area is 104 Å². The molecule has 1 unspecified atom stereocenters. The molecule has 18 heavy (non-hydrogen) atoms. The molecule has 0 saturated carbocycles. The molecule has 2 rings (SSSR count). The molecule has 1 atom stereocenters. The van der Waals surface area contributed by atoms with Crippen LogP contribution in [0.15, 0.2) is 15.3 Å². The molecule has 8 heteroatoms. The molecule has 0 amide bonds. The zero-order valence-electron chi connectivity index (χ0n) is 10.4. The fourth-order valence-corrected chi connectivity index (χ4v) is 1.35. The minimum Gasteiger partial charge on any atom is -0.406 e. The van der Waals surface area contributed by atoms with Gasteiger partial charge < -0.3 is 19.6 Å². The van der Waals surface area contributed by atoms with Crippen molar-refractivity contribution in [3.63, 3.8) is 0 Å². The Bertz CT molecular complexity index is 455. The van der Waals surface area contributed by atoms with E-state index < -0.39 is 0 Å². The van der Waals surface area contributed by atoms with E-state index in [1.165, 1.54) is 6.39 Å². The van der Waals surface area contributed by atoms with E-state index in [0.29, 0.717) is 24.3 Å². The third-order valence-corrected chi connectivity index (χ3v) is 2.32. The Morgan fingerprint density at radius 3 is 3.00 bits per heavy atom. The summed E-state index contributed by atoms with van der Waals surface area (Å²) in [6, 6.07) is 0.387. The van der Waals surface area contributed by atoms with Crippen molar-refractivity contribution >= 4 is 6.01 Å². The maximum atomic E-state index is 5.46. The molecule has 2 aromatic heterocycles. The van der Waals surface area contributed by atoms with E-state index in [2.05, 4.69) is 42.4 Å². The van der Waals surface area contributed by atoms with Gasteiger partial charge in [-0.1, -0.05) is 17.2 Å². The van der Waals surface area contributed by atoms with Gasteiger partial charge in [-0.3, -0.25) is 0 Å². The molecule has 0 aliphatic carbocycles. The molecule has 0 aliphatic heterocycles. The molecule has 2 N–H and O–H groups in total. The second-order valence-corrected chi connectivity index (χ2v) is 3.82. The summed E-state index contributed by atoms with van der Waals surface area (Å²) in [5.74, 6) is 1.09. The van der Waals surface area contributed by atoms with Crippen LogP contribution in [-0.2, 0) is 6.54 Å². The Morgan fingerprint density at radius 1 is 1.39 bits per heavy atom. The summed E-state index contributed by atoms with van der Waals surface area (Å²) in [6.45, 7) is 5.38. The summed E-state index contributed by atoms with van der Waals surface area (Å²) >= 11 is 0. The van der Waals surface area contributed by atoms with Crippen LogP contribution in [0.25, 0.3) is 0 Å². The minimum atomic E-state index is 0.0400. The van der Waals surface area contributed by atoms with Gasteiger partial charge in [0.05, 0.1) is 12.6 Å². The van der Waals surface area contributed by atoms with Crippen LogP contribution in [0.2, 0.25) is 0 Å². The van der Waals surface area contributed by atoms with Gasteiger partial charge in [0.15, 0.2) is 5.82 Å². The maximum absolute atomic E-state index is 5.46. The number of nitrogens with zero attached hydrogens (tertiary/aromatic N) is 4. The second kappa shape index (κ2) is 6.10. The van der Waals surface area contributed by atoms with Crippen molar-refractivity contribution in [1.29, 1.82) is 0 Å². The van der Waals surface area contributed by atoms with Crippen LogP contribution in [0.5, 0.6) is 0 Å². The highest BCUT2D eigenvalue weighted by Gasteiger charge is 2.13. The van der Waals surface area contributed by atoms with Crippen LogP contribution in [0.3, 0.4) is 0 Å². The number of hydrogen-bond donors (Lipinski definition) is 2. The first-order chi connectivity index (χ1) is 8.79. The van der Waals surface area contributed by atoms with Crippen molar-refractivity contribution in [2.45, 2.75) is 32.9 Å². The number of rotatable bonds is 7. The molecule has 8 nitrogen and oxygen atoms in total. The summed E-state index contributed by atoms with van der Waals surface area (Å²) in [6.07, 6.45) is 2.33. The van der Waals surface area contributed by atoms with Crippen LogP contribution in [0, 0.1) is 0 Å². The first-order valence-electron chi connectivity index (χ1n) is 5.85. The number of anilines is 1. The van der Waals surface area contributed by atoms with E-state index in [9.17, 15) is 0 Å². The van der Waals surface area contributed by atoms with Gasteiger partial charge in [-0.25, -0.2) is 0 Å². The van der Waals surface area contributed by atoms with Crippen LogP contribution in [0.4, 0.5) is 6.01 Å². The molecular formula is C10H16N6O2. The molecule has 2 aromatic rings. The smallest absolute Gasteiger partial charge is 0.315 e. The van der Waals surface area contributed by atoms with Gasteiger partial charge in [0.2, 0.25) is 12.3 Å². The quantitative estimate of drug-likeness (QED) is 0.756. The van der Waals surface area contributed by atoms with E-state index >= 15 is 0 Å². The Kier molecular flexibility index (Phi) is 4.24. The van der Waals surface area contributed by atoms with Crippen LogP contribution in [0.1, 0.15) is 38.0 Å². The molecule has 0 spiro atoms. The molecule has 0 aromatic carbocycles. The lowest BCUT2D eigenvalue weighted by Gasteiger charge is -2.07. The van der Waals surface area contributed by atoms with Gasteiger partial charge in [-0.2, -0.15) is 4.98 Å². The zero-order chi connectivity index (χ0) is 12.8. The first kappa shape index (κ1) is 12.5. The topological polar surface area (TPSA) is 102 Å². The highest BCUT2D eigenvalue weighted by atomic mass is 16.5. The largest absolute Gasteiger partial charge is 0.406 e. The van der Waals surface area contributed by atoms with Gasteiger partial charge in [0, 0.05) is 0 Å². The highest BCUT2D eigenvalue weighted by molar-refractivity contribution is 5.17. The lowest BCUT2D eigenvalue weighted by molar-refractivity contribution is 0.409. The van der Waals surface area contributed by atoms with Gasteiger partial charge in [0.25, 0.3) is 0 Å². The van der Waals surface area contributed by atoms with Crippen molar-refractivity contribution in [2.75, 3.05) is 11.9 Å². The lowest BCUT2D eigenvalue weighted by Crippen LogP contribution is -2.19. The molecular weight excluding hydrogens is 236 g/mol. The zero-order valence-corrected chi connectivity index (χ0v) is 10.4. The van der Waals surface area contributed by atoms with E-state index in [-0.39, 0.29) is 6.04 Å². The van der Waals surface area contributed by atoms with Crippen molar-refractivity contribution in [1.82, 2.24) is 25.7 Å². The third-order valence-electron chi connectivity index (χ3n) is 2.32. The number of aromatic nitrogens is 4. The maximum Gasteiger partial charge on any atom is 0.315 e. The van der Waals surface area contributed by atoms with Crippen molar-refractivity contribution in [2.24, 2.45) is 0 Å². The van der Waals surface area contributed by atoms with Gasteiger partial charge >= 0.3 is 6.01 Å². The Morgan fingerprint density at radius 2 is 2.28 bits per heavy atom. The van der Waals surface area contributed by atoms with Gasteiger partial charge in [-0.05, 0) is 19.9 Å². The lowest BCUT2D eigenvalue weighted by atomic mass is 10.3. The van der Waals surface area contributed by atoms with E-state index in [1.54, 1.807) is 0 Å². The van der Waals surface area contributed by atoms with Crippen molar-refractivity contribution in [3.8, 4) is 0 Å². The predicted molar refractivity (Wildman–Crippen MR) is 62.6 cm³/mol. The summed E-state index contributed by atoms with van der Waals surface area (Å²) in [5.41, 5.74) is 0. The Balaban J connectivity index is 1.85. The molecule has 0 radical (unpaired) electrons. The normalized spacial score (nSPS) is 12.6. The van der Waals surface area contributed by atoms with Gasteiger partial charge in [0.1, 0.15) is 0 Å². The predicted octanol–water partition coefficient (Wildman–Crippen LogP) is 1.13. The fourth-order valence-electron chi connectivity index (χ4n) is 1.35. The average Bonchev–Trinajstić information content (AvgIpc) is 3.04. The average molecular weight is 252 g/mol. The number of hydrogen-bond acceptors (Lipinski definition) is 8. The molecule has 2 heterocycles. The van der Waals surface area contributed by atoms with Crippen LogP contribution in [-0.4, -0.2) is 26.9 Å². The number of nitrogens with one attached hydrogen (secondary N) is 2. The van der Waals surface area contributed by atoms with Crippen LogP contribution < -0.4 is 10.6 Å². The molecule has 0 bridgehead atoms. The minimum absolute atomic E-state index is 0.0400. The van der Waals surface area contributed by atoms with E-state index in [0.717, 1.165) is 13.0 Å². The van der Waals surface area contributed by atoms with Gasteiger partial charge in [-0.15, -0.1) is 5.10 Å². The van der Waals surface area contributed by atoms with Crippen LogP contribution >= 0.6 is 0 Å². The van der Waals surface area contributed by atoms with Crippen molar-refractivity contribution < 1.29 is 8.94 Å². The van der Waals surface area contributed by atoms with E-state index in [4.69, 9.17) is 4.42 Å². The molecule has 0 aliphatic rings. The second-order valence-electron chi connectivity index (χ2n) is 3.82. The molecule has 98 valence electrons. The third kappa shape index (κ3) is 3.27. The first-order valence-corrected chi connectivity index (χ1v) is 5.85. The van der Waals surface area contributed by atoms with Crippen molar-refractivity contribution in [3.05, 3.63) is 18.1 Å². The fraction of sp³-hybridized carbons (Fsp3) is 0.600. The Hall–Kier alpha value is -1.96. The molecule has 0 saturated heterocycles. The summed E-state index contributed by atoms with van der Waals surface area (Å²) in [7, 11) is 0. The summed E-state index contributed by atoms with van der Waals surface area (Å²) < 4.78 is 10.1. The monoisotopic (exact) mass is 252 g/mol. The summed E-state index contributed by atoms with van der Waals surface area (Å²) in [5, 5.41) is 17.7.